The first-order chi connectivity index (χ1) is 4.79. The van der Waals surface area contributed by atoms with E-state index in [1.807, 2.05) is 0 Å². The summed E-state index contributed by atoms with van der Waals surface area (Å²) in [6.07, 6.45) is 3.22. The van der Waals surface area contributed by atoms with Gasteiger partial charge in [0.2, 0.25) is 0 Å². The van der Waals surface area contributed by atoms with Crippen LogP contribution in [0.3, 0.4) is 0 Å². The SMILES string of the molecule is CN1CCC2CCC(=O)C21. The first-order valence-corrected chi connectivity index (χ1v) is 4.02. The number of ketones is 1. The summed E-state index contributed by atoms with van der Waals surface area (Å²) in [7, 11) is 2.06. The summed E-state index contributed by atoms with van der Waals surface area (Å²) in [4.78, 5) is 13.4. The number of hydrogen-bond acceptors (Lipinski definition) is 2. The number of likely N-dealkylation sites (N-methyl/N-ethyl adjacent to an activating group) is 1. The van der Waals surface area contributed by atoms with Gasteiger partial charge in [-0.2, -0.15) is 0 Å². The first kappa shape index (κ1) is 6.35. The van der Waals surface area contributed by atoms with E-state index in [0.29, 0.717) is 17.7 Å². The molecule has 2 rings (SSSR count). The molecule has 10 heavy (non-hydrogen) atoms. The van der Waals surface area contributed by atoms with Crippen LogP contribution in [0.1, 0.15) is 19.3 Å². The van der Waals surface area contributed by atoms with Crippen LogP contribution in [0.25, 0.3) is 0 Å². The van der Waals surface area contributed by atoms with Gasteiger partial charge in [0.05, 0.1) is 6.04 Å². The van der Waals surface area contributed by atoms with Crippen LogP contribution < -0.4 is 0 Å². The first-order valence-electron chi connectivity index (χ1n) is 4.02. The number of likely N-dealkylation sites (tertiary alicyclic amines) is 1. The molecule has 1 saturated carbocycles. The summed E-state index contributed by atoms with van der Waals surface area (Å²) >= 11 is 0. The number of rotatable bonds is 0. The molecule has 2 heteroatoms. The minimum Gasteiger partial charge on any atom is -0.298 e. The van der Waals surface area contributed by atoms with Gasteiger partial charge in [0, 0.05) is 6.42 Å². The topological polar surface area (TPSA) is 20.3 Å². The van der Waals surface area contributed by atoms with Crippen molar-refractivity contribution in [2.24, 2.45) is 5.92 Å². The molecule has 0 N–H and O–H groups in total. The van der Waals surface area contributed by atoms with Crippen molar-refractivity contribution < 1.29 is 4.79 Å². The summed E-state index contributed by atoms with van der Waals surface area (Å²) in [6.45, 7) is 1.13. The number of carbonyl (C=O) groups is 1. The van der Waals surface area contributed by atoms with Crippen molar-refractivity contribution in [3.8, 4) is 0 Å². The zero-order chi connectivity index (χ0) is 7.14. The lowest BCUT2D eigenvalue weighted by atomic mass is 10.0. The monoisotopic (exact) mass is 139 g/mol. The Morgan fingerprint density at radius 2 is 2.30 bits per heavy atom. The number of Topliss-reactive ketones (excluding diaryl/α,β-unsaturated/α-hetero) is 1. The van der Waals surface area contributed by atoms with Gasteiger partial charge in [0.25, 0.3) is 0 Å². The van der Waals surface area contributed by atoms with Gasteiger partial charge in [-0.25, -0.2) is 0 Å². The molecule has 1 aliphatic heterocycles. The standard InChI is InChI=1S/C8H13NO/c1-9-5-4-6-2-3-7(10)8(6)9/h6,8H,2-5H2,1H3. The van der Waals surface area contributed by atoms with E-state index in [0.717, 1.165) is 19.4 Å². The van der Waals surface area contributed by atoms with Crippen LogP contribution >= 0.6 is 0 Å². The molecule has 1 heterocycles. The van der Waals surface area contributed by atoms with Crippen molar-refractivity contribution in [3.05, 3.63) is 0 Å². The fraction of sp³-hybridized carbons (Fsp3) is 0.875. The predicted molar refractivity (Wildman–Crippen MR) is 38.8 cm³/mol. The minimum atomic E-state index is 0.306. The molecule has 1 saturated heterocycles. The third kappa shape index (κ3) is 0.717. The van der Waals surface area contributed by atoms with Crippen LogP contribution in [0, 0.1) is 5.92 Å². The summed E-state index contributed by atoms with van der Waals surface area (Å²) in [6, 6.07) is 0.306. The molecule has 56 valence electrons. The summed E-state index contributed by atoms with van der Waals surface area (Å²) in [5.74, 6) is 1.18. The fourth-order valence-corrected chi connectivity index (χ4v) is 2.31. The van der Waals surface area contributed by atoms with E-state index in [4.69, 9.17) is 0 Å². The van der Waals surface area contributed by atoms with Gasteiger partial charge in [-0.1, -0.05) is 0 Å². The molecule has 0 amide bonds. The molecule has 0 aromatic rings. The van der Waals surface area contributed by atoms with Gasteiger partial charge >= 0.3 is 0 Å². The molecule has 2 nitrogen and oxygen atoms in total. The third-order valence-electron chi connectivity index (χ3n) is 2.87. The fourth-order valence-electron chi connectivity index (χ4n) is 2.31. The molecule has 0 radical (unpaired) electrons. The van der Waals surface area contributed by atoms with Gasteiger partial charge < -0.3 is 0 Å². The highest BCUT2D eigenvalue weighted by atomic mass is 16.1. The highest BCUT2D eigenvalue weighted by Crippen LogP contribution is 2.34. The van der Waals surface area contributed by atoms with Gasteiger partial charge in [0.1, 0.15) is 5.78 Å². The highest BCUT2D eigenvalue weighted by molar-refractivity contribution is 5.86. The van der Waals surface area contributed by atoms with E-state index in [1.165, 1.54) is 6.42 Å². The summed E-state index contributed by atoms with van der Waals surface area (Å²) < 4.78 is 0. The van der Waals surface area contributed by atoms with Crippen molar-refractivity contribution in [1.82, 2.24) is 4.90 Å². The second-order valence-corrected chi connectivity index (χ2v) is 3.48. The van der Waals surface area contributed by atoms with Crippen LogP contribution in [0.15, 0.2) is 0 Å². The van der Waals surface area contributed by atoms with E-state index < -0.39 is 0 Å². The van der Waals surface area contributed by atoms with Gasteiger partial charge in [-0.3, -0.25) is 9.69 Å². The minimum absolute atomic E-state index is 0.306. The van der Waals surface area contributed by atoms with Crippen LogP contribution in [0.2, 0.25) is 0 Å². The van der Waals surface area contributed by atoms with Crippen LogP contribution in [-0.2, 0) is 4.79 Å². The molecule has 0 aromatic heterocycles. The number of hydrogen-bond donors (Lipinski definition) is 0. The van der Waals surface area contributed by atoms with Gasteiger partial charge in [0.15, 0.2) is 0 Å². The third-order valence-corrected chi connectivity index (χ3v) is 2.87. The lowest BCUT2D eigenvalue weighted by molar-refractivity contribution is -0.121. The molecule has 0 spiro atoms. The molecule has 2 fully saturated rings. The summed E-state index contributed by atoms with van der Waals surface area (Å²) in [5.41, 5.74) is 0. The Labute approximate surface area is 61.2 Å². The average Bonchev–Trinajstić information content (AvgIpc) is 2.40. The second kappa shape index (κ2) is 2.06. The number of nitrogens with zero attached hydrogens (tertiary/aromatic N) is 1. The van der Waals surface area contributed by atoms with Crippen LogP contribution in [0.4, 0.5) is 0 Å². The van der Waals surface area contributed by atoms with Crippen LogP contribution in [0.5, 0.6) is 0 Å². The number of carbonyl (C=O) groups excluding carboxylic acids is 1. The molecule has 1 aliphatic carbocycles. The molecular formula is C8H13NO. The van der Waals surface area contributed by atoms with Crippen molar-refractivity contribution in [2.75, 3.05) is 13.6 Å². The normalized spacial score (nSPS) is 40.7. The van der Waals surface area contributed by atoms with Crippen LogP contribution in [-0.4, -0.2) is 30.3 Å². The maximum atomic E-state index is 11.2. The molecule has 2 atom stereocenters. The molecule has 0 aromatic carbocycles. The number of fused-ring (bicyclic) bond motifs is 1. The molecule has 2 aliphatic rings. The maximum absolute atomic E-state index is 11.2. The zero-order valence-corrected chi connectivity index (χ0v) is 6.34. The van der Waals surface area contributed by atoms with Gasteiger partial charge in [-0.05, 0) is 32.4 Å². The lowest BCUT2D eigenvalue weighted by Gasteiger charge is -2.15. The highest BCUT2D eigenvalue weighted by Gasteiger charge is 2.41. The Balaban J connectivity index is 2.19. The van der Waals surface area contributed by atoms with Crippen molar-refractivity contribution >= 4 is 5.78 Å². The smallest absolute Gasteiger partial charge is 0.150 e. The molecule has 0 bridgehead atoms. The Hall–Kier alpha value is -0.370. The average molecular weight is 139 g/mol. The lowest BCUT2D eigenvalue weighted by Crippen LogP contribution is -2.32. The quantitative estimate of drug-likeness (QED) is 0.491. The Morgan fingerprint density at radius 1 is 1.50 bits per heavy atom. The van der Waals surface area contributed by atoms with E-state index in [9.17, 15) is 4.79 Å². The van der Waals surface area contributed by atoms with Crippen molar-refractivity contribution in [3.63, 3.8) is 0 Å². The van der Waals surface area contributed by atoms with Crippen molar-refractivity contribution in [2.45, 2.75) is 25.3 Å². The largest absolute Gasteiger partial charge is 0.298 e. The van der Waals surface area contributed by atoms with Crippen molar-refractivity contribution in [1.29, 1.82) is 0 Å². The summed E-state index contributed by atoms with van der Waals surface area (Å²) in [5, 5.41) is 0. The van der Waals surface area contributed by atoms with E-state index >= 15 is 0 Å². The second-order valence-electron chi connectivity index (χ2n) is 3.48. The van der Waals surface area contributed by atoms with E-state index in [-0.39, 0.29) is 0 Å². The predicted octanol–water partition coefficient (Wildman–Crippen LogP) is 0.670. The Kier molecular flexibility index (Phi) is 1.31. The van der Waals surface area contributed by atoms with E-state index in [2.05, 4.69) is 11.9 Å². The Bertz CT molecular complexity index is 167. The van der Waals surface area contributed by atoms with E-state index in [1.54, 1.807) is 0 Å². The molecule has 2 unspecified atom stereocenters. The zero-order valence-electron chi connectivity index (χ0n) is 6.34. The molecular weight excluding hydrogens is 126 g/mol. The Morgan fingerprint density at radius 3 is 3.00 bits per heavy atom. The van der Waals surface area contributed by atoms with Gasteiger partial charge in [-0.15, -0.1) is 0 Å². The maximum Gasteiger partial charge on any atom is 0.150 e.